The van der Waals surface area contributed by atoms with Crippen LogP contribution in [0.4, 0.5) is 52.7 Å². The zero-order valence-electron chi connectivity index (χ0n) is 13.5. The van der Waals surface area contributed by atoms with Gasteiger partial charge >= 0.3 is 61.6 Å². The Morgan fingerprint density at radius 2 is 1.04 bits per heavy atom. The van der Waals surface area contributed by atoms with E-state index in [-0.39, 0.29) is 31.0 Å². The third-order valence-corrected chi connectivity index (χ3v) is 2.68. The minimum atomic E-state index is -6.56. The van der Waals surface area contributed by atoms with E-state index in [0.717, 1.165) is 0 Å². The first-order valence-corrected chi connectivity index (χ1v) is 5.80. The molecule has 150 valence electrons. The summed E-state index contributed by atoms with van der Waals surface area (Å²) in [5, 5.41) is 16.8. The van der Waals surface area contributed by atoms with Crippen molar-refractivity contribution in [1.82, 2.24) is 0 Å². The second-order valence-corrected chi connectivity index (χ2v) is 4.48. The van der Waals surface area contributed by atoms with Crippen molar-refractivity contribution in [2.75, 3.05) is 0 Å². The summed E-state index contributed by atoms with van der Waals surface area (Å²) in [7, 11) is -3.35. The van der Waals surface area contributed by atoms with Crippen molar-refractivity contribution in [3.63, 3.8) is 0 Å². The molecule has 0 spiro atoms. The molecule has 1 aromatic rings. The monoisotopic (exact) mass is 434 g/mol. The van der Waals surface area contributed by atoms with Crippen molar-refractivity contribution in [2.24, 2.45) is 0 Å². The number of alkyl halides is 12. The fourth-order valence-electron chi connectivity index (χ4n) is 1.95. The van der Waals surface area contributed by atoms with Gasteiger partial charge in [-0.15, -0.1) is 0 Å². The van der Waals surface area contributed by atoms with Crippen molar-refractivity contribution in [2.45, 2.75) is 24.7 Å². The van der Waals surface area contributed by atoms with E-state index >= 15 is 0 Å². The van der Waals surface area contributed by atoms with Crippen LogP contribution in [0.3, 0.4) is 0 Å². The molecule has 17 heteroatoms. The van der Waals surface area contributed by atoms with Gasteiger partial charge in [0, 0.05) is 0 Å². The number of rotatable bonds is 2. The molecule has 0 unspecified atom stereocenters. The summed E-state index contributed by atoms with van der Waals surface area (Å²) in [4.78, 5) is 0. The molecule has 1 aromatic carbocycles. The molecule has 0 fully saturated rings. The van der Waals surface area contributed by atoms with Gasteiger partial charge in [-0.2, -0.15) is 52.7 Å². The second-order valence-electron chi connectivity index (χ2n) is 4.48. The quantitative estimate of drug-likeness (QED) is 0.545. The van der Waals surface area contributed by atoms with E-state index < -0.39 is 66.1 Å². The largest absolute Gasteiger partial charge is 1.00 e. The van der Waals surface area contributed by atoms with E-state index in [1.807, 2.05) is 0 Å². The summed E-state index contributed by atoms with van der Waals surface area (Å²) >= 11 is 0. The second kappa shape index (κ2) is 7.89. The van der Waals surface area contributed by atoms with Gasteiger partial charge in [-0.25, -0.2) is 0 Å². The molecule has 1 rings (SSSR count). The molecule has 0 radical (unpaired) electrons. The van der Waals surface area contributed by atoms with Gasteiger partial charge in [-0.3, -0.25) is 0 Å². The molecule has 0 aromatic heterocycles. The van der Waals surface area contributed by atoms with Crippen LogP contribution >= 0.6 is 0 Å². The maximum atomic E-state index is 12.9. The van der Waals surface area contributed by atoms with Gasteiger partial charge in [0.15, 0.2) is 0 Å². The molecular weight excluding hydrogens is 430 g/mol. The third-order valence-electron chi connectivity index (χ3n) is 2.68. The van der Waals surface area contributed by atoms with E-state index in [1.165, 1.54) is 0 Å². The Balaban J connectivity index is 0. The normalized spacial score (nSPS) is 13.3. The van der Waals surface area contributed by atoms with Crippen LogP contribution in [0.25, 0.3) is 0 Å². The Bertz CT molecular complexity index is 683. The summed E-state index contributed by atoms with van der Waals surface area (Å²) in [5.41, 5.74) is -13.8. The van der Waals surface area contributed by atoms with Crippen LogP contribution in [0.5, 0.6) is 5.75 Å². The summed E-state index contributed by atoms with van der Waals surface area (Å²) < 4.78 is 158. The maximum Gasteiger partial charge on any atom is 1.00 e. The average Bonchev–Trinajstić information content (AvgIpc) is 2.31. The molecule has 0 bridgehead atoms. The van der Waals surface area contributed by atoms with Crippen LogP contribution in [0.2, 0.25) is 0 Å². The third kappa shape index (κ3) is 6.07. The summed E-state index contributed by atoms with van der Waals surface area (Å²) in [5.74, 6) is -2.50. The Hall–Kier alpha value is -0.835. The van der Waals surface area contributed by atoms with Crippen LogP contribution in [0.1, 0.15) is 23.7 Å². The Morgan fingerprint density at radius 1 is 0.667 bits per heavy atom. The van der Waals surface area contributed by atoms with Gasteiger partial charge in [-0.1, -0.05) is 0 Å². The van der Waals surface area contributed by atoms with Gasteiger partial charge in [0.2, 0.25) is 0 Å². The molecule has 0 aliphatic heterocycles. The summed E-state index contributed by atoms with van der Waals surface area (Å²) in [6.07, 6.45) is -25.5. The maximum absolute atomic E-state index is 12.9. The zero-order chi connectivity index (χ0) is 20.9. The van der Waals surface area contributed by atoms with Gasteiger partial charge in [0.05, 0.1) is 16.7 Å². The first-order chi connectivity index (χ1) is 11.3. The van der Waals surface area contributed by atoms with Crippen molar-refractivity contribution >= 4 is 7.32 Å². The van der Waals surface area contributed by atoms with Crippen molar-refractivity contribution < 1.29 is 98.4 Å². The van der Waals surface area contributed by atoms with E-state index in [1.54, 1.807) is 0 Å². The number of hydrogen-bond acceptors (Lipinski definition) is 3. The minimum Gasteiger partial charge on any atom is -1.00 e. The van der Waals surface area contributed by atoms with Crippen LogP contribution in [0, 0.1) is 0 Å². The van der Waals surface area contributed by atoms with Crippen LogP contribution < -0.4 is 34.2 Å². The first kappa shape index (κ1) is 26.2. The van der Waals surface area contributed by atoms with E-state index in [4.69, 9.17) is 10.0 Å². The molecule has 0 atom stereocenters. The fraction of sp³-hybridized carbons (Fsp3) is 0.400. The van der Waals surface area contributed by atoms with Crippen LogP contribution in [-0.2, 0) is 24.7 Å². The Labute approximate surface area is 164 Å². The van der Waals surface area contributed by atoms with Crippen LogP contribution in [-0.4, -0.2) is 17.4 Å². The van der Waals surface area contributed by atoms with Gasteiger partial charge in [-0.05, 0) is 6.07 Å². The SMILES string of the molecule is OB(O)Oc1cc(C(F)(F)F)c(C(F)(F)F)c(C(F)(F)F)c1C(F)(F)F.[H-].[Na+]. The average molecular weight is 434 g/mol. The number of halogens is 12. The summed E-state index contributed by atoms with van der Waals surface area (Å²) in [6.45, 7) is 0. The molecule has 0 aliphatic carbocycles. The van der Waals surface area contributed by atoms with Gasteiger partial charge in [0.1, 0.15) is 11.3 Å². The molecule has 0 saturated heterocycles. The summed E-state index contributed by atoms with van der Waals surface area (Å²) in [6, 6.07) is -1.04. The minimum absolute atomic E-state index is 0. The zero-order valence-corrected chi connectivity index (χ0v) is 14.5. The number of hydrogen-bond donors (Lipinski definition) is 2. The molecule has 0 aliphatic rings. The predicted octanol–water partition coefficient (Wildman–Crippen LogP) is 1.23. The standard InChI is InChI=1S/C10H3BF12O3.Na.H/c12-7(13,14)2-1-3(26-11(24)25)5(9(18,19)20)6(10(21,22)23)4(2)8(15,16)17;;/h1,24-25H;;/q;+1;-1. The topological polar surface area (TPSA) is 49.7 Å². The van der Waals surface area contributed by atoms with Crippen LogP contribution in [0.15, 0.2) is 6.07 Å². The Kier molecular flexibility index (Phi) is 7.64. The smallest absolute Gasteiger partial charge is 1.00 e. The molecule has 0 heterocycles. The van der Waals surface area contributed by atoms with Gasteiger partial charge < -0.3 is 16.1 Å². The molecule has 27 heavy (non-hydrogen) atoms. The van der Waals surface area contributed by atoms with E-state index in [9.17, 15) is 52.7 Å². The fourth-order valence-corrected chi connectivity index (χ4v) is 1.95. The molecule has 3 nitrogen and oxygen atoms in total. The van der Waals surface area contributed by atoms with Gasteiger partial charge in [0.25, 0.3) is 0 Å². The van der Waals surface area contributed by atoms with Crippen molar-refractivity contribution in [1.29, 1.82) is 0 Å². The predicted molar refractivity (Wildman–Crippen MR) is 58.4 cm³/mol. The van der Waals surface area contributed by atoms with E-state index in [0.29, 0.717) is 0 Å². The Morgan fingerprint density at radius 3 is 1.30 bits per heavy atom. The molecule has 2 N–H and O–H groups in total. The molecule has 0 amide bonds. The van der Waals surface area contributed by atoms with E-state index in [2.05, 4.69) is 4.65 Å². The van der Waals surface area contributed by atoms with Crippen molar-refractivity contribution in [3.8, 4) is 5.75 Å². The number of benzene rings is 1. The van der Waals surface area contributed by atoms with Crippen molar-refractivity contribution in [3.05, 3.63) is 28.3 Å². The molecular formula is C10H4BF12NaO3. The molecule has 0 saturated carbocycles. The first-order valence-electron chi connectivity index (χ1n) is 5.80.